The van der Waals surface area contributed by atoms with Gasteiger partial charge in [-0.05, 0) is 45.6 Å². The number of aryl methyl sites for hydroxylation is 1. The number of likely N-dealkylation sites (tertiary alicyclic amines) is 1. The Morgan fingerprint density at radius 1 is 1.31 bits per heavy atom. The van der Waals surface area contributed by atoms with Gasteiger partial charge in [0.1, 0.15) is 5.60 Å². The summed E-state index contributed by atoms with van der Waals surface area (Å²) in [6.45, 7) is 8.11. The molecule has 144 valence electrons. The zero-order valence-corrected chi connectivity index (χ0v) is 16.4. The Labute approximate surface area is 157 Å². The highest BCUT2D eigenvalue weighted by Crippen LogP contribution is 2.12. The number of ether oxygens (including phenoxy) is 1. The van der Waals surface area contributed by atoms with Gasteiger partial charge < -0.3 is 20.3 Å². The van der Waals surface area contributed by atoms with Crippen LogP contribution < -0.4 is 10.6 Å². The smallest absolute Gasteiger partial charge is 0.407 e. The van der Waals surface area contributed by atoms with E-state index < -0.39 is 5.60 Å². The Hall–Kier alpha value is -2.24. The van der Waals surface area contributed by atoms with E-state index in [2.05, 4.69) is 44.8 Å². The van der Waals surface area contributed by atoms with E-state index in [0.717, 1.165) is 44.9 Å². The summed E-state index contributed by atoms with van der Waals surface area (Å²) in [4.78, 5) is 18.5. The molecule has 0 spiro atoms. The summed E-state index contributed by atoms with van der Waals surface area (Å²) < 4.78 is 5.33. The van der Waals surface area contributed by atoms with Crippen LogP contribution in [0.5, 0.6) is 0 Å². The summed E-state index contributed by atoms with van der Waals surface area (Å²) in [7, 11) is 1.80. The molecule has 0 bridgehead atoms. The number of carbonyl (C=O) groups excluding carboxylic acids is 1. The molecule has 2 N–H and O–H groups in total. The molecule has 1 heterocycles. The fourth-order valence-corrected chi connectivity index (χ4v) is 3.01. The average Bonchev–Trinajstić information content (AvgIpc) is 3.02. The number of aliphatic imine (C=N–C) groups is 1. The van der Waals surface area contributed by atoms with Gasteiger partial charge in [-0.3, -0.25) is 4.99 Å². The van der Waals surface area contributed by atoms with Crippen LogP contribution in [0.1, 0.15) is 39.2 Å². The summed E-state index contributed by atoms with van der Waals surface area (Å²) in [6, 6.07) is 10.6. The normalized spacial score (nSPS) is 17.9. The molecule has 2 rings (SSSR count). The van der Waals surface area contributed by atoms with Crippen molar-refractivity contribution in [3.63, 3.8) is 0 Å². The molecule has 0 aliphatic carbocycles. The lowest BCUT2D eigenvalue weighted by Gasteiger charge is -2.23. The van der Waals surface area contributed by atoms with Crippen molar-refractivity contribution >= 4 is 12.1 Å². The van der Waals surface area contributed by atoms with Crippen LogP contribution in [-0.4, -0.2) is 55.3 Å². The van der Waals surface area contributed by atoms with E-state index in [1.807, 2.05) is 26.8 Å². The first-order valence-corrected chi connectivity index (χ1v) is 9.36. The molecule has 6 heteroatoms. The third-order valence-electron chi connectivity index (χ3n) is 4.19. The van der Waals surface area contributed by atoms with Crippen LogP contribution in [0, 0.1) is 0 Å². The summed E-state index contributed by atoms with van der Waals surface area (Å²) >= 11 is 0. The van der Waals surface area contributed by atoms with Crippen LogP contribution in [-0.2, 0) is 11.2 Å². The molecular weight excluding hydrogens is 328 g/mol. The van der Waals surface area contributed by atoms with E-state index in [1.54, 1.807) is 7.05 Å². The lowest BCUT2D eigenvalue weighted by Crippen LogP contribution is -2.44. The second kappa shape index (κ2) is 9.46. The molecule has 1 aromatic carbocycles. The van der Waals surface area contributed by atoms with Gasteiger partial charge >= 0.3 is 6.09 Å². The topological polar surface area (TPSA) is 66.0 Å². The van der Waals surface area contributed by atoms with Gasteiger partial charge in [0, 0.05) is 26.7 Å². The minimum Gasteiger partial charge on any atom is -0.444 e. The number of guanidine groups is 1. The Balaban J connectivity index is 1.71. The molecule has 1 aliphatic rings. The molecule has 26 heavy (non-hydrogen) atoms. The zero-order chi connectivity index (χ0) is 19.0. The monoisotopic (exact) mass is 360 g/mol. The molecular formula is C20H32N4O2. The van der Waals surface area contributed by atoms with Crippen LogP contribution in [0.15, 0.2) is 35.3 Å². The highest BCUT2D eigenvalue weighted by molar-refractivity contribution is 5.80. The number of carbonyl (C=O) groups is 1. The fourth-order valence-electron chi connectivity index (χ4n) is 3.01. The highest BCUT2D eigenvalue weighted by atomic mass is 16.6. The van der Waals surface area contributed by atoms with Gasteiger partial charge in [0.2, 0.25) is 0 Å². The first kappa shape index (κ1) is 20.1. The van der Waals surface area contributed by atoms with Gasteiger partial charge in [-0.1, -0.05) is 30.3 Å². The number of amides is 1. The second-order valence-corrected chi connectivity index (χ2v) is 7.64. The van der Waals surface area contributed by atoms with Crippen molar-refractivity contribution in [1.82, 2.24) is 15.5 Å². The second-order valence-electron chi connectivity index (χ2n) is 7.64. The van der Waals surface area contributed by atoms with E-state index in [4.69, 9.17) is 4.74 Å². The van der Waals surface area contributed by atoms with Gasteiger partial charge in [-0.2, -0.15) is 0 Å². The SMILES string of the molecule is CN=C(NCCCc1ccccc1)N1CCC(NC(=O)OC(C)(C)C)C1. The molecule has 1 aromatic rings. The Morgan fingerprint density at radius 2 is 2.04 bits per heavy atom. The van der Waals surface area contributed by atoms with Crippen LogP contribution >= 0.6 is 0 Å². The average molecular weight is 361 g/mol. The van der Waals surface area contributed by atoms with Gasteiger partial charge in [0.05, 0.1) is 6.04 Å². The Bertz CT molecular complexity index is 596. The molecule has 0 radical (unpaired) electrons. The van der Waals surface area contributed by atoms with E-state index in [1.165, 1.54) is 5.56 Å². The number of nitrogens with one attached hydrogen (secondary N) is 2. The summed E-state index contributed by atoms with van der Waals surface area (Å²) in [5.41, 5.74) is 0.880. The van der Waals surface area contributed by atoms with Crippen molar-refractivity contribution in [3.05, 3.63) is 35.9 Å². The molecule has 0 aromatic heterocycles. The number of nitrogens with zero attached hydrogens (tertiary/aromatic N) is 2. The minimum atomic E-state index is -0.473. The minimum absolute atomic E-state index is 0.0905. The summed E-state index contributed by atoms with van der Waals surface area (Å²) in [5.74, 6) is 0.895. The fraction of sp³-hybridized carbons (Fsp3) is 0.600. The van der Waals surface area contributed by atoms with E-state index in [-0.39, 0.29) is 12.1 Å². The maximum atomic E-state index is 11.9. The number of hydrogen-bond acceptors (Lipinski definition) is 3. The third-order valence-corrected chi connectivity index (χ3v) is 4.19. The van der Waals surface area contributed by atoms with Crippen molar-refractivity contribution < 1.29 is 9.53 Å². The van der Waals surface area contributed by atoms with Crippen molar-refractivity contribution in [2.24, 2.45) is 4.99 Å². The lowest BCUT2D eigenvalue weighted by molar-refractivity contribution is 0.0507. The van der Waals surface area contributed by atoms with Crippen LogP contribution in [0.25, 0.3) is 0 Å². The van der Waals surface area contributed by atoms with E-state index >= 15 is 0 Å². The molecule has 1 aliphatic heterocycles. The molecule has 1 amide bonds. The van der Waals surface area contributed by atoms with Gasteiger partial charge in [0.25, 0.3) is 0 Å². The summed E-state index contributed by atoms with van der Waals surface area (Å²) in [5, 5.41) is 6.37. The predicted octanol–water partition coefficient (Wildman–Crippen LogP) is 2.79. The number of hydrogen-bond donors (Lipinski definition) is 2. The molecule has 1 atom stereocenters. The molecule has 1 fully saturated rings. The van der Waals surface area contributed by atoms with Gasteiger partial charge in [-0.25, -0.2) is 4.79 Å². The molecule has 1 unspecified atom stereocenters. The van der Waals surface area contributed by atoms with Crippen LogP contribution in [0.2, 0.25) is 0 Å². The van der Waals surface area contributed by atoms with Crippen molar-refractivity contribution in [2.75, 3.05) is 26.7 Å². The van der Waals surface area contributed by atoms with Crippen LogP contribution in [0.4, 0.5) is 4.79 Å². The number of rotatable bonds is 5. The molecule has 0 saturated carbocycles. The first-order valence-electron chi connectivity index (χ1n) is 9.36. The van der Waals surface area contributed by atoms with Crippen molar-refractivity contribution in [1.29, 1.82) is 0 Å². The maximum Gasteiger partial charge on any atom is 0.407 e. The maximum absolute atomic E-state index is 11.9. The lowest BCUT2D eigenvalue weighted by atomic mass is 10.1. The number of alkyl carbamates (subject to hydrolysis) is 1. The third kappa shape index (κ3) is 6.94. The van der Waals surface area contributed by atoms with E-state index in [9.17, 15) is 4.79 Å². The molecule has 1 saturated heterocycles. The highest BCUT2D eigenvalue weighted by Gasteiger charge is 2.27. The van der Waals surface area contributed by atoms with Gasteiger partial charge in [-0.15, -0.1) is 0 Å². The Morgan fingerprint density at radius 3 is 2.69 bits per heavy atom. The van der Waals surface area contributed by atoms with E-state index in [0.29, 0.717) is 0 Å². The Kier molecular flexibility index (Phi) is 7.30. The first-order chi connectivity index (χ1) is 12.4. The zero-order valence-electron chi connectivity index (χ0n) is 16.4. The molecule has 6 nitrogen and oxygen atoms in total. The predicted molar refractivity (Wildman–Crippen MR) is 105 cm³/mol. The quantitative estimate of drug-likeness (QED) is 0.481. The number of benzene rings is 1. The van der Waals surface area contributed by atoms with Crippen molar-refractivity contribution in [2.45, 2.75) is 51.7 Å². The van der Waals surface area contributed by atoms with Crippen molar-refractivity contribution in [3.8, 4) is 0 Å². The van der Waals surface area contributed by atoms with Crippen LogP contribution in [0.3, 0.4) is 0 Å². The standard InChI is InChI=1S/C20H32N4O2/c1-20(2,3)26-19(25)23-17-12-14-24(15-17)18(21-4)22-13-8-11-16-9-6-5-7-10-16/h5-7,9-10,17H,8,11-15H2,1-4H3,(H,21,22)(H,23,25). The van der Waals surface area contributed by atoms with Gasteiger partial charge in [0.15, 0.2) is 5.96 Å². The largest absolute Gasteiger partial charge is 0.444 e. The summed E-state index contributed by atoms with van der Waals surface area (Å²) in [6.07, 6.45) is 2.64.